The van der Waals surface area contributed by atoms with E-state index in [1.165, 1.54) is 57.8 Å². The first kappa shape index (κ1) is 12.0. The number of nitrogens with two attached hydrogens (primary N) is 1. The van der Waals surface area contributed by atoms with Crippen LogP contribution in [-0.4, -0.2) is 19.3 Å². The highest BCUT2D eigenvalue weighted by atomic mass is 16.5. The molecular weight excluding hydrogens is 210 g/mol. The van der Waals surface area contributed by atoms with Crippen molar-refractivity contribution < 1.29 is 4.74 Å². The molecule has 98 valence electrons. The topological polar surface area (TPSA) is 35.2 Å². The Bertz CT molecular complexity index is 258. The normalized spacial score (nSPS) is 39.7. The molecule has 17 heavy (non-hydrogen) atoms. The lowest BCUT2D eigenvalue weighted by Crippen LogP contribution is -2.41. The molecule has 0 spiro atoms. The summed E-state index contributed by atoms with van der Waals surface area (Å²) in [5.41, 5.74) is 6.51. The Labute approximate surface area is 105 Å². The summed E-state index contributed by atoms with van der Waals surface area (Å²) in [6.45, 7) is 1.82. The van der Waals surface area contributed by atoms with Crippen LogP contribution in [0.2, 0.25) is 0 Å². The van der Waals surface area contributed by atoms with Crippen molar-refractivity contribution in [2.24, 2.45) is 23.0 Å². The van der Waals surface area contributed by atoms with Crippen LogP contribution in [0.5, 0.6) is 0 Å². The molecule has 0 aromatic heterocycles. The fourth-order valence-electron chi connectivity index (χ4n) is 4.23. The number of hydrogen-bond donors (Lipinski definition) is 1. The molecule has 0 aromatic rings. The van der Waals surface area contributed by atoms with Gasteiger partial charge in [0.2, 0.25) is 0 Å². The Kier molecular flexibility index (Phi) is 3.45. The van der Waals surface area contributed by atoms with E-state index < -0.39 is 0 Å². The summed E-state index contributed by atoms with van der Waals surface area (Å²) in [5.74, 6) is 1.79. The predicted molar refractivity (Wildman–Crippen MR) is 69.8 cm³/mol. The molecule has 0 aromatic carbocycles. The highest BCUT2D eigenvalue weighted by Gasteiger charge is 2.50. The van der Waals surface area contributed by atoms with Gasteiger partial charge in [-0.3, -0.25) is 0 Å². The molecule has 2 N–H and O–H groups in total. The molecule has 3 aliphatic rings. The maximum Gasteiger partial charge on any atom is 0.0672 e. The van der Waals surface area contributed by atoms with Crippen molar-refractivity contribution in [3.05, 3.63) is 0 Å². The molecule has 1 saturated heterocycles. The maximum absolute atomic E-state index is 6.16. The van der Waals surface area contributed by atoms with Crippen LogP contribution in [0.15, 0.2) is 0 Å². The van der Waals surface area contributed by atoms with Crippen LogP contribution in [0.1, 0.15) is 57.8 Å². The van der Waals surface area contributed by atoms with Gasteiger partial charge in [0.05, 0.1) is 6.10 Å². The van der Waals surface area contributed by atoms with Crippen molar-refractivity contribution in [1.29, 1.82) is 0 Å². The van der Waals surface area contributed by atoms with Crippen LogP contribution in [0, 0.1) is 17.3 Å². The fourth-order valence-corrected chi connectivity index (χ4v) is 4.23. The minimum Gasteiger partial charge on any atom is -0.377 e. The third-order valence-electron chi connectivity index (χ3n) is 5.38. The molecule has 0 radical (unpaired) electrons. The first-order chi connectivity index (χ1) is 8.34. The zero-order chi connectivity index (χ0) is 11.7. The molecule has 0 bridgehead atoms. The third-order valence-corrected chi connectivity index (χ3v) is 5.38. The highest BCUT2D eigenvalue weighted by molar-refractivity contribution is 5.01. The van der Waals surface area contributed by atoms with Crippen LogP contribution in [0.4, 0.5) is 0 Å². The molecule has 2 heteroatoms. The van der Waals surface area contributed by atoms with E-state index in [0.29, 0.717) is 11.5 Å². The second-order valence-electron chi connectivity index (χ2n) is 6.65. The van der Waals surface area contributed by atoms with Gasteiger partial charge < -0.3 is 10.5 Å². The minimum atomic E-state index is 0.350. The highest BCUT2D eigenvalue weighted by Crippen LogP contribution is 2.51. The van der Waals surface area contributed by atoms with Gasteiger partial charge in [0.15, 0.2) is 0 Å². The van der Waals surface area contributed by atoms with E-state index in [1.54, 1.807) is 0 Å². The van der Waals surface area contributed by atoms with E-state index in [4.69, 9.17) is 10.5 Å². The van der Waals surface area contributed by atoms with E-state index >= 15 is 0 Å². The van der Waals surface area contributed by atoms with Crippen molar-refractivity contribution in [3.8, 4) is 0 Å². The summed E-state index contributed by atoms with van der Waals surface area (Å²) in [7, 11) is 0. The average molecular weight is 237 g/mol. The number of hydrogen-bond acceptors (Lipinski definition) is 2. The SMILES string of the molecule is NCC1(CC2CCCCC2)CCOC1C1CC1. The lowest BCUT2D eigenvalue weighted by atomic mass is 9.69. The summed E-state index contributed by atoms with van der Waals surface area (Å²) in [6.07, 6.45) is 13.1. The lowest BCUT2D eigenvalue weighted by Gasteiger charge is -2.37. The molecule has 1 heterocycles. The minimum absolute atomic E-state index is 0.350. The van der Waals surface area contributed by atoms with E-state index in [1.807, 2.05) is 0 Å². The first-order valence-electron chi connectivity index (χ1n) is 7.66. The molecule has 3 fully saturated rings. The summed E-state index contributed by atoms with van der Waals surface area (Å²) < 4.78 is 6.05. The summed E-state index contributed by atoms with van der Waals surface area (Å²) in [6, 6.07) is 0. The van der Waals surface area contributed by atoms with Gasteiger partial charge in [-0.05, 0) is 37.5 Å². The van der Waals surface area contributed by atoms with Crippen molar-refractivity contribution in [2.45, 2.75) is 63.9 Å². The smallest absolute Gasteiger partial charge is 0.0672 e. The Morgan fingerprint density at radius 1 is 1.06 bits per heavy atom. The van der Waals surface area contributed by atoms with E-state index in [9.17, 15) is 0 Å². The van der Waals surface area contributed by atoms with Crippen LogP contribution < -0.4 is 5.73 Å². The molecule has 2 nitrogen and oxygen atoms in total. The monoisotopic (exact) mass is 237 g/mol. The van der Waals surface area contributed by atoms with Crippen molar-refractivity contribution in [1.82, 2.24) is 0 Å². The second kappa shape index (κ2) is 4.89. The maximum atomic E-state index is 6.16. The van der Waals surface area contributed by atoms with E-state index in [-0.39, 0.29) is 0 Å². The van der Waals surface area contributed by atoms with Crippen LogP contribution in [0.3, 0.4) is 0 Å². The van der Waals surface area contributed by atoms with Crippen molar-refractivity contribution in [3.63, 3.8) is 0 Å². The van der Waals surface area contributed by atoms with Gasteiger partial charge in [-0.2, -0.15) is 0 Å². The summed E-state index contributed by atoms with van der Waals surface area (Å²) in [4.78, 5) is 0. The van der Waals surface area contributed by atoms with Crippen molar-refractivity contribution >= 4 is 0 Å². The quantitative estimate of drug-likeness (QED) is 0.815. The van der Waals surface area contributed by atoms with Crippen LogP contribution >= 0.6 is 0 Å². The molecule has 2 unspecified atom stereocenters. The largest absolute Gasteiger partial charge is 0.377 e. The van der Waals surface area contributed by atoms with Crippen LogP contribution in [0.25, 0.3) is 0 Å². The standard InChI is InChI=1S/C15H27NO/c16-11-15(10-12-4-2-1-3-5-12)8-9-17-14(15)13-6-7-13/h12-14H,1-11,16H2. The predicted octanol–water partition coefficient (Wildman–Crippen LogP) is 3.10. The lowest BCUT2D eigenvalue weighted by molar-refractivity contribution is 0.0197. The van der Waals surface area contributed by atoms with Crippen LogP contribution in [-0.2, 0) is 4.74 Å². The second-order valence-corrected chi connectivity index (χ2v) is 6.65. The van der Waals surface area contributed by atoms with Gasteiger partial charge in [-0.1, -0.05) is 32.1 Å². The molecule has 2 saturated carbocycles. The van der Waals surface area contributed by atoms with Gasteiger partial charge in [0.1, 0.15) is 0 Å². The van der Waals surface area contributed by atoms with Gasteiger partial charge in [0.25, 0.3) is 0 Å². The van der Waals surface area contributed by atoms with Crippen molar-refractivity contribution in [2.75, 3.05) is 13.2 Å². The summed E-state index contributed by atoms with van der Waals surface area (Å²) >= 11 is 0. The zero-order valence-electron chi connectivity index (χ0n) is 11.0. The van der Waals surface area contributed by atoms with Gasteiger partial charge >= 0.3 is 0 Å². The van der Waals surface area contributed by atoms with E-state index in [2.05, 4.69) is 0 Å². The zero-order valence-corrected chi connectivity index (χ0v) is 11.0. The Morgan fingerprint density at radius 2 is 1.82 bits per heavy atom. The van der Waals surface area contributed by atoms with E-state index in [0.717, 1.165) is 25.0 Å². The first-order valence-corrected chi connectivity index (χ1v) is 7.66. The Morgan fingerprint density at radius 3 is 2.47 bits per heavy atom. The Hall–Kier alpha value is -0.0800. The Balaban J connectivity index is 1.67. The molecule has 1 aliphatic heterocycles. The molecular formula is C15H27NO. The molecule has 0 amide bonds. The number of rotatable bonds is 4. The van der Waals surface area contributed by atoms with Gasteiger partial charge in [-0.15, -0.1) is 0 Å². The average Bonchev–Trinajstić information content (AvgIpc) is 3.13. The van der Waals surface area contributed by atoms with Gasteiger partial charge in [-0.25, -0.2) is 0 Å². The number of ether oxygens (including phenoxy) is 1. The van der Waals surface area contributed by atoms with Gasteiger partial charge in [0, 0.05) is 18.6 Å². The molecule has 3 rings (SSSR count). The summed E-state index contributed by atoms with van der Waals surface area (Å²) in [5, 5.41) is 0. The third kappa shape index (κ3) is 2.39. The molecule has 2 aliphatic carbocycles. The fraction of sp³-hybridized carbons (Fsp3) is 1.00. The molecule has 2 atom stereocenters.